The number of fused-ring (bicyclic) bond motifs is 1. The molecule has 1 unspecified atom stereocenters. The van der Waals surface area contributed by atoms with Gasteiger partial charge in [-0.1, -0.05) is 60.7 Å². The van der Waals surface area contributed by atoms with Crippen molar-refractivity contribution in [3.8, 4) is 0 Å². The van der Waals surface area contributed by atoms with Gasteiger partial charge >= 0.3 is 0 Å². The zero-order valence-electron chi connectivity index (χ0n) is 12.7. The fourth-order valence-corrected chi connectivity index (χ4v) is 3.22. The molecule has 0 saturated carbocycles. The van der Waals surface area contributed by atoms with Gasteiger partial charge in [-0.2, -0.15) is 0 Å². The highest BCUT2D eigenvalue weighted by Crippen LogP contribution is 2.36. The van der Waals surface area contributed by atoms with Gasteiger partial charge in [-0.15, -0.1) is 0 Å². The van der Waals surface area contributed by atoms with Gasteiger partial charge in [-0.3, -0.25) is 0 Å². The molecule has 0 aliphatic rings. The van der Waals surface area contributed by atoms with Gasteiger partial charge in [0.05, 0.1) is 0 Å². The molecule has 3 N–H and O–H groups in total. The van der Waals surface area contributed by atoms with Crippen LogP contribution in [0.2, 0.25) is 0 Å². The quantitative estimate of drug-likeness (QED) is 0.517. The summed E-state index contributed by atoms with van der Waals surface area (Å²) in [6.07, 6.45) is 2.12. The molecule has 3 aromatic carbocycles. The zero-order chi connectivity index (χ0) is 15.6. The first kappa shape index (κ1) is 13.6. The molecule has 1 atom stereocenters. The first-order valence-corrected chi connectivity index (χ1v) is 7.79. The Labute approximate surface area is 135 Å². The number of rotatable bonds is 3. The minimum Gasteiger partial charge on any atom is -0.399 e. The molecule has 0 bridgehead atoms. The molecule has 1 heterocycles. The lowest BCUT2D eigenvalue weighted by Crippen LogP contribution is -2.03. The van der Waals surface area contributed by atoms with Gasteiger partial charge in [0.25, 0.3) is 0 Å². The maximum Gasteiger partial charge on any atom is 0.0457 e. The summed E-state index contributed by atoms with van der Waals surface area (Å²) in [5.41, 5.74) is 11.6. The summed E-state index contributed by atoms with van der Waals surface area (Å²) in [7, 11) is 0. The summed E-state index contributed by atoms with van der Waals surface area (Å²) in [4.78, 5) is 3.39. The highest BCUT2D eigenvalue weighted by Gasteiger charge is 2.19. The second-order valence-electron chi connectivity index (χ2n) is 5.80. The van der Waals surface area contributed by atoms with Crippen LogP contribution in [0.15, 0.2) is 85.1 Å². The number of anilines is 1. The van der Waals surface area contributed by atoms with Crippen molar-refractivity contribution >= 4 is 16.6 Å². The molecular formula is C21H18N2. The molecule has 4 rings (SSSR count). The normalized spacial score (nSPS) is 12.3. The van der Waals surface area contributed by atoms with E-state index in [1.807, 2.05) is 12.1 Å². The van der Waals surface area contributed by atoms with E-state index in [1.165, 1.54) is 27.6 Å². The van der Waals surface area contributed by atoms with Crippen molar-refractivity contribution < 1.29 is 0 Å². The minimum absolute atomic E-state index is 0.188. The second-order valence-corrected chi connectivity index (χ2v) is 5.80. The average molecular weight is 298 g/mol. The monoisotopic (exact) mass is 298 g/mol. The van der Waals surface area contributed by atoms with Gasteiger partial charge in [0.2, 0.25) is 0 Å². The lowest BCUT2D eigenvalue weighted by molar-refractivity contribution is 0.988. The number of para-hydroxylation sites is 1. The third-order valence-electron chi connectivity index (χ3n) is 4.33. The summed E-state index contributed by atoms with van der Waals surface area (Å²) in [6.45, 7) is 0. The average Bonchev–Trinajstić information content (AvgIpc) is 3.02. The number of H-pyrrole nitrogens is 1. The Hall–Kier alpha value is -3.00. The van der Waals surface area contributed by atoms with Crippen LogP contribution in [0.5, 0.6) is 0 Å². The molecule has 0 aliphatic carbocycles. The molecular weight excluding hydrogens is 280 g/mol. The van der Waals surface area contributed by atoms with Gasteiger partial charge in [0.15, 0.2) is 0 Å². The first-order chi connectivity index (χ1) is 11.3. The summed E-state index contributed by atoms with van der Waals surface area (Å²) in [5, 5.41) is 1.26. The first-order valence-electron chi connectivity index (χ1n) is 7.79. The minimum atomic E-state index is 0.188. The number of nitrogen functional groups attached to an aromatic ring is 1. The van der Waals surface area contributed by atoms with Crippen LogP contribution in [0.1, 0.15) is 22.6 Å². The number of aromatic amines is 1. The molecule has 1 aromatic heterocycles. The van der Waals surface area contributed by atoms with Crippen molar-refractivity contribution in [2.75, 3.05) is 5.73 Å². The highest BCUT2D eigenvalue weighted by molar-refractivity contribution is 5.84. The van der Waals surface area contributed by atoms with Gasteiger partial charge in [0.1, 0.15) is 0 Å². The molecule has 0 saturated heterocycles. The molecule has 0 amide bonds. The Balaban J connectivity index is 1.94. The smallest absolute Gasteiger partial charge is 0.0457 e. The molecule has 23 heavy (non-hydrogen) atoms. The molecule has 4 aromatic rings. The Morgan fingerprint density at radius 3 is 2.13 bits per heavy atom. The van der Waals surface area contributed by atoms with E-state index in [4.69, 9.17) is 5.73 Å². The Morgan fingerprint density at radius 2 is 1.35 bits per heavy atom. The van der Waals surface area contributed by atoms with Crippen molar-refractivity contribution in [3.05, 3.63) is 102 Å². The highest BCUT2D eigenvalue weighted by atomic mass is 14.7. The van der Waals surface area contributed by atoms with Crippen LogP contribution in [0, 0.1) is 0 Å². The van der Waals surface area contributed by atoms with Crippen LogP contribution < -0.4 is 5.73 Å². The molecule has 0 radical (unpaired) electrons. The van der Waals surface area contributed by atoms with E-state index in [2.05, 4.69) is 77.9 Å². The number of aromatic nitrogens is 1. The number of hydrogen-bond acceptors (Lipinski definition) is 1. The third kappa shape index (κ3) is 2.49. The van der Waals surface area contributed by atoms with Crippen molar-refractivity contribution in [2.24, 2.45) is 0 Å². The van der Waals surface area contributed by atoms with Crippen molar-refractivity contribution in [3.63, 3.8) is 0 Å². The maximum absolute atomic E-state index is 5.87. The fraction of sp³-hybridized carbons (Fsp3) is 0.0476. The SMILES string of the molecule is Nc1ccc(C(c2ccccc2)c2c[nH]c3ccccc23)cc1. The van der Waals surface area contributed by atoms with Crippen LogP contribution >= 0.6 is 0 Å². The predicted molar refractivity (Wildman–Crippen MR) is 96.5 cm³/mol. The summed E-state index contributed by atoms with van der Waals surface area (Å²) in [5.74, 6) is 0.188. The summed E-state index contributed by atoms with van der Waals surface area (Å²) < 4.78 is 0. The Kier molecular flexibility index (Phi) is 3.35. The standard InChI is InChI=1S/C21H18N2/c22-17-12-10-16(11-13-17)21(15-6-2-1-3-7-15)19-14-23-20-9-5-4-8-18(19)20/h1-14,21,23H,22H2. The number of benzene rings is 3. The van der Waals surface area contributed by atoms with E-state index in [9.17, 15) is 0 Å². The summed E-state index contributed by atoms with van der Waals surface area (Å²) in [6, 6.07) is 27.2. The van der Waals surface area contributed by atoms with Crippen LogP contribution in [-0.2, 0) is 0 Å². The van der Waals surface area contributed by atoms with E-state index in [-0.39, 0.29) is 5.92 Å². The van der Waals surface area contributed by atoms with Crippen LogP contribution in [0.3, 0.4) is 0 Å². The van der Waals surface area contributed by atoms with Crippen LogP contribution in [0.25, 0.3) is 10.9 Å². The van der Waals surface area contributed by atoms with Crippen molar-refractivity contribution in [1.29, 1.82) is 0 Å². The van der Waals surface area contributed by atoms with Gasteiger partial charge in [-0.05, 0) is 34.9 Å². The maximum atomic E-state index is 5.87. The van der Waals surface area contributed by atoms with Gasteiger partial charge in [0, 0.05) is 28.7 Å². The molecule has 0 fully saturated rings. The number of hydrogen-bond donors (Lipinski definition) is 2. The largest absolute Gasteiger partial charge is 0.399 e. The van der Waals surface area contributed by atoms with Gasteiger partial charge < -0.3 is 10.7 Å². The van der Waals surface area contributed by atoms with Crippen LogP contribution in [-0.4, -0.2) is 4.98 Å². The molecule has 2 heteroatoms. The fourth-order valence-electron chi connectivity index (χ4n) is 3.22. The Bertz CT molecular complexity index is 921. The molecule has 0 spiro atoms. The molecule has 112 valence electrons. The predicted octanol–water partition coefficient (Wildman–Crippen LogP) is 4.93. The number of nitrogens with one attached hydrogen (secondary N) is 1. The number of nitrogens with two attached hydrogens (primary N) is 1. The lowest BCUT2D eigenvalue weighted by Gasteiger charge is -2.18. The zero-order valence-corrected chi connectivity index (χ0v) is 12.7. The second kappa shape index (κ2) is 5.65. The van der Waals surface area contributed by atoms with Crippen LogP contribution in [0.4, 0.5) is 5.69 Å². The van der Waals surface area contributed by atoms with E-state index in [0.29, 0.717) is 0 Å². The molecule has 2 nitrogen and oxygen atoms in total. The molecule has 0 aliphatic heterocycles. The topological polar surface area (TPSA) is 41.8 Å². The third-order valence-corrected chi connectivity index (χ3v) is 4.33. The Morgan fingerprint density at radius 1 is 0.696 bits per heavy atom. The van der Waals surface area contributed by atoms with E-state index < -0.39 is 0 Å². The summed E-state index contributed by atoms with van der Waals surface area (Å²) >= 11 is 0. The van der Waals surface area contributed by atoms with Crippen molar-refractivity contribution in [2.45, 2.75) is 5.92 Å². The van der Waals surface area contributed by atoms with E-state index >= 15 is 0 Å². The van der Waals surface area contributed by atoms with E-state index in [0.717, 1.165) is 5.69 Å². The lowest BCUT2D eigenvalue weighted by atomic mass is 9.85. The van der Waals surface area contributed by atoms with E-state index in [1.54, 1.807) is 0 Å². The van der Waals surface area contributed by atoms with Gasteiger partial charge in [-0.25, -0.2) is 0 Å². The van der Waals surface area contributed by atoms with Crippen molar-refractivity contribution in [1.82, 2.24) is 4.98 Å².